The number of carbonyl (C=O) groups excluding carboxylic acids is 1. The molecule has 1 atom stereocenters. The van der Waals surface area contributed by atoms with Crippen molar-refractivity contribution in [3.05, 3.63) is 52.1 Å². The van der Waals surface area contributed by atoms with Crippen LogP contribution in [-0.4, -0.2) is 17.0 Å². The predicted octanol–water partition coefficient (Wildman–Crippen LogP) is 2.67. The molecule has 0 radical (unpaired) electrons. The Hall–Kier alpha value is -2.50. The Morgan fingerprint density at radius 3 is 3.00 bits per heavy atom. The van der Waals surface area contributed by atoms with Crippen molar-refractivity contribution in [3.8, 4) is 0 Å². The van der Waals surface area contributed by atoms with Crippen molar-refractivity contribution < 1.29 is 9.72 Å². The molecule has 0 saturated carbocycles. The molecule has 1 N–H and O–H groups in total. The first kappa shape index (κ1) is 13.9. The number of nitro groups is 1. The molecule has 0 spiro atoms. The maximum Gasteiger partial charge on any atom is 0.271 e. The van der Waals surface area contributed by atoms with E-state index in [-0.39, 0.29) is 11.3 Å². The molecule has 0 heterocycles. The number of nitro benzene ring substituents is 1. The maximum atomic E-state index is 11.8. The van der Waals surface area contributed by atoms with Crippen LogP contribution >= 0.6 is 0 Å². The van der Waals surface area contributed by atoms with E-state index >= 15 is 0 Å². The number of amides is 1. The summed E-state index contributed by atoms with van der Waals surface area (Å²) in [4.78, 5) is 21.9. The molecule has 1 aromatic rings. The van der Waals surface area contributed by atoms with Crippen LogP contribution in [0.15, 0.2) is 41.5 Å². The summed E-state index contributed by atoms with van der Waals surface area (Å²) in [6, 6.07) is 5.56. The third-order valence-corrected chi connectivity index (χ3v) is 3.08. The molecule has 6 heteroatoms. The largest absolute Gasteiger partial charge is 0.271 e. The van der Waals surface area contributed by atoms with Crippen LogP contribution in [0.2, 0.25) is 0 Å². The highest BCUT2D eigenvalue weighted by Gasteiger charge is 2.11. The van der Waals surface area contributed by atoms with E-state index in [1.807, 2.05) is 0 Å². The standard InChI is InChI=1S/C14H15N3O3/c18-14(12-7-4-8-13(9-12)17(19)20)16-15-10-11-5-2-1-3-6-11/h1-2,4,7-11H,3,5-6H2,(H,16,18). The van der Waals surface area contributed by atoms with Crippen molar-refractivity contribution >= 4 is 17.8 Å². The summed E-state index contributed by atoms with van der Waals surface area (Å²) in [5.41, 5.74) is 2.51. The lowest BCUT2D eigenvalue weighted by atomic mass is 9.96. The van der Waals surface area contributed by atoms with Crippen molar-refractivity contribution in [2.24, 2.45) is 11.0 Å². The average molecular weight is 273 g/mol. The van der Waals surface area contributed by atoms with Crippen LogP contribution in [0.5, 0.6) is 0 Å². The van der Waals surface area contributed by atoms with E-state index in [4.69, 9.17) is 0 Å². The fourth-order valence-corrected chi connectivity index (χ4v) is 1.98. The molecule has 1 aliphatic carbocycles. The van der Waals surface area contributed by atoms with Gasteiger partial charge in [0, 0.05) is 23.9 Å². The van der Waals surface area contributed by atoms with Gasteiger partial charge in [-0.2, -0.15) is 5.10 Å². The Kier molecular flexibility index (Phi) is 4.60. The van der Waals surface area contributed by atoms with Gasteiger partial charge in [-0.05, 0) is 31.2 Å². The molecule has 1 aromatic carbocycles. The van der Waals surface area contributed by atoms with Gasteiger partial charge in [0.25, 0.3) is 11.6 Å². The predicted molar refractivity (Wildman–Crippen MR) is 75.5 cm³/mol. The van der Waals surface area contributed by atoms with E-state index in [0.717, 1.165) is 19.3 Å². The molecule has 0 fully saturated rings. The molecule has 104 valence electrons. The molecule has 0 aromatic heterocycles. The molecular formula is C14H15N3O3. The van der Waals surface area contributed by atoms with Crippen LogP contribution in [0.4, 0.5) is 5.69 Å². The number of hydrazone groups is 1. The molecular weight excluding hydrogens is 258 g/mol. The highest BCUT2D eigenvalue weighted by Crippen LogP contribution is 2.16. The average Bonchev–Trinajstić information content (AvgIpc) is 2.48. The van der Waals surface area contributed by atoms with Crippen molar-refractivity contribution in [2.75, 3.05) is 0 Å². The topological polar surface area (TPSA) is 84.6 Å². The fourth-order valence-electron chi connectivity index (χ4n) is 1.98. The Morgan fingerprint density at radius 1 is 1.45 bits per heavy atom. The first-order chi connectivity index (χ1) is 9.66. The third kappa shape index (κ3) is 3.74. The van der Waals surface area contributed by atoms with Crippen LogP contribution in [0.3, 0.4) is 0 Å². The summed E-state index contributed by atoms with van der Waals surface area (Å²) in [6.45, 7) is 0. The minimum Gasteiger partial charge on any atom is -0.267 e. The summed E-state index contributed by atoms with van der Waals surface area (Å²) in [5, 5.41) is 14.6. The van der Waals surface area contributed by atoms with E-state index in [1.54, 1.807) is 6.21 Å². The zero-order chi connectivity index (χ0) is 14.4. The van der Waals surface area contributed by atoms with Crippen molar-refractivity contribution in [2.45, 2.75) is 19.3 Å². The Balaban J connectivity index is 1.94. The SMILES string of the molecule is O=C(NN=CC1CC=CCC1)c1cccc([N+](=O)[O-])c1. The number of hydrogen-bond donors (Lipinski definition) is 1. The van der Waals surface area contributed by atoms with Gasteiger partial charge in [-0.3, -0.25) is 14.9 Å². The monoisotopic (exact) mass is 273 g/mol. The van der Waals surface area contributed by atoms with E-state index in [1.165, 1.54) is 24.3 Å². The quantitative estimate of drug-likeness (QED) is 0.396. The van der Waals surface area contributed by atoms with Crippen LogP contribution in [0.1, 0.15) is 29.6 Å². The maximum absolute atomic E-state index is 11.8. The number of carbonyl (C=O) groups is 1. The van der Waals surface area contributed by atoms with Crippen LogP contribution in [0, 0.1) is 16.0 Å². The summed E-state index contributed by atoms with van der Waals surface area (Å²) >= 11 is 0. The van der Waals surface area contributed by atoms with Crippen LogP contribution in [0.25, 0.3) is 0 Å². The Morgan fingerprint density at radius 2 is 2.30 bits per heavy atom. The number of nitrogens with one attached hydrogen (secondary N) is 1. The van der Waals surface area contributed by atoms with Crippen molar-refractivity contribution in [1.82, 2.24) is 5.43 Å². The van der Waals surface area contributed by atoms with Crippen molar-refractivity contribution in [3.63, 3.8) is 0 Å². The summed E-state index contributed by atoms with van der Waals surface area (Å²) < 4.78 is 0. The molecule has 20 heavy (non-hydrogen) atoms. The lowest BCUT2D eigenvalue weighted by molar-refractivity contribution is -0.384. The van der Waals surface area contributed by atoms with Gasteiger partial charge in [0.15, 0.2) is 0 Å². The van der Waals surface area contributed by atoms with Gasteiger partial charge in [0.05, 0.1) is 4.92 Å². The van der Waals surface area contributed by atoms with Gasteiger partial charge >= 0.3 is 0 Å². The highest BCUT2D eigenvalue weighted by molar-refractivity contribution is 5.94. The number of rotatable bonds is 4. The summed E-state index contributed by atoms with van der Waals surface area (Å²) in [5.74, 6) is -0.110. The summed E-state index contributed by atoms with van der Waals surface area (Å²) in [7, 11) is 0. The minimum absolute atomic E-state index is 0.112. The molecule has 6 nitrogen and oxygen atoms in total. The molecule has 2 rings (SSSR count). The lowest BCUT2D eigenvalue weighted by Crippen LogP contribution is -2.19. The molecule has 1 amide bonds. The second-order valence-electron chi connectivity index (χ2n) is 4.57. The molecule has 1 unspecified atom stereocenters. The summed E-state index contributed by atoms with van der Waals surface area (Å²) in [6.07, 6.45) is 8.92. The second kappa shape index (κ2) is 6.60. The zero-order valence-electron chi connectivity index (χ0n) is 10.9. The number of non-ortho nitro benzene ring substituents is 1. The van der Waals surface area contributed by atoms with Gasteiger partial charge in [0.1, 0.15) is 0 Å². The lowest BCUT2D eigenvalue weighted by Gasteiger charge is -2.11. The molecule has 0 bridgehead atoms. The second-order valence-corrected chi connectivity index (χ2v) is 4.57. The smallest absolute Gasteiger partial charge is 0.267 e. The molecule has 1 aliphatic rings. The molecule has 0 saturated heterocycles. The van der Waals surface area contributed by atoms with E-state index in [2.05, 4.69) is 22.7 Å². The van der Waals surface area contributed by atoms with Crippen LogP contribution in [-0.2, 0) is 0 Å². The van der Waals surface area contributed by atoms with Gasteiger partial charge in [-0.1, -0.05) is 18.2 Å². The fraction of sp³-hybridized carbons (Fsp3) is 0.286. The van der Waals surface area contributed by atoms with E-state index < -0.39 is 10.8 Å². The minimum atomic E-state index is -0.533. The third-order valence-electron chi connectivity index (χ3n) is 3.08. The first-order valence-electron chi connectivity index (χ1n) is 6.40. The normalized spacial score (nSPS) is 18.1. The van der Waals surface area contributed by atoms with Crippen LogP contribution < -0.4 is 5.43 Å². The van der Waals surface area contributed by atoms with Gasteiger partial charge in [-0.25, -0.2) is 5.43 Å². The Labute approximate surface area is 116 Å². The number of hydrogen-bond acceptors (Lipinski definition) is 4. The van der Waals surface area contributed by atoms with E-state index in [9.17, 15) is 14.9 Å². The number of nitrogens with zero attached hydrogens (tertiary/aromatic N) is 2. The van der Waals surface area contributed by atoms with Gasteiger partial charge in [-0.15, -0.1) is 0 Å². The highest BCUT2D eigenvalue weighted by atomic mass is 16.6. The van der Waals surface area contributed by atoms with E-state index in [0.29, 0.717) is 5.92 Å². The molecule has 0 aliphatic heterocycles. The number of allylic oxidation sites excluding steroid dienone is 2. The first-order valence-corrected chi connectivity index (χ1v) is 6.40. The van der Waals surface area contributed by atoms with Gasteiger partial charge in [0.2, 0.25) is 0 Å². The zero-order valence-corrected chi connectivity index (χ0v) is 10.9. The number of benzene rings is 1. The van der Waals surface area contributed by atoms with Crippen molar-refractivity contribution in [1.29, 1.82) is 0 Å². The van der Waals surface area contributed by atoms with Gasteiger partial charge < -0.3 is 0 Å². The Bertz CT molecular complexity index is 567.